The molecule has 0 aromatic heterocycles. The quantitative estimate of drug-likeness (QED) is 0.844. The molecular weight excluding hydrogens is 247 g/mol. The van der Waals surface area contributed by atoms with E-state index >= 15 is 0 Å². The summed E-state index contributed by atoms with van der Waals surface area (Å²) in [5, 5.41) is 2.48. The fraction of sp³-hybridized carbons (Fsp3) is 0.455. The van der Waals surface area contributed by atoms with Gasteiger partial charge >= 0.3 is 0 Å². The van der Waals surface area contributed by atoms with E-state index < -0.39 is 5.02 Å². The van der Waals surface area contributed by atoms with E-state index in [1.165, 1.54) is 0 Å². The van der Waals surface area contributed by atoms with Crippen LogP contribution in [-0.4, -0.2) is 31.2 Å². The molecule has 0 aliphatic carbocycles. The molecule has 1 aromatic rings. The van der Waals surface area contributed by atoms with E-state index in [1.807, 2.05) is 24.3 Å². The van der Waals surface area contributed by atoms with E-state index in [0.29, 0.717) is 0 Å². The van der Waals surface area contributed by atoms with Crippen molar-refractivity contribution >= 4 is 28.9 Å². The maximum absolute atomic E-state index is 5.64. The second-order valence-corrected chi connectivity index (χ2v) is 4.60. The molecule has 1 fully saturated rings. The number of alkyl halides is 2. The summed E-state index contributed by atoms with van der Waals surface area (Å²) >= 11 is 11.3. The molecule has 2 rings (SSSR count). The van der Waals surface area contributed by atoms with E-state index in [9.17, 15) is 0 Å². The Kier molecular flexibility index (Phi) is 4.16. The summed E-state index contributed by atoms with van der Waals surface area (Å²) in [4.78, 5) is 2.27. The lowest BCUT2D eigenvalue weighted by Crippen LogP contribution is -2.43. The molecule has 1 aromatic carbocycles. The summed E-state index contributed by atoms with van der Waals surface area (Å²) in [6.45, 7) is 3.91. The number of para-hydroxylation sites is 2. The van der Waals surface area contributed by atoms with E-state index in [4.69, 9.17) is 27.9 Å². The van der Waals surface area contributed by atoms with Crippen molar-refractivity contribution in [1.82, 2.24) is 5.32 Å². The number of nitrogens with one attached hydrogen (secondary N) is 1. The Morgan fingerprint density at radius 2 is 1.88 bits per heavy atom. The molecule has 3 nitrogen and oxygen atoms in total. The minimum Gasteiger partial charge on any atom is -0.459 e. The molecule has 16 heavy (non-hydrogen) atoms. The lowest BCUT2D eigenvalue weighted by atomic mass is 10.2. The summed E-state index contributed by atoms with van der Waals surface area (Å²) in [5.74, 6) is 0.736. The van der Waals surface area contributed by atoms with Gasteiger partial charge in [0, 0.05) is 26.2 Å². The zero-order valence-electron chi connectivity index (χ0n) is 8.83. The Morgan fingerprint density at radius 3 is 2.56 bits per heavy atom. The van der Waals surface area contributed by atoms with Gasteiger partial charge in [0.1, 0.15) is 5.75 Å². The van der Waals surface area contributed by atoms with Crippen LogP contribution >= 0.6 is 23.2 Å². The lowest BCUT2D eigenvalue weighted by molar-refractivity contribution is 0.353. The molecule has 0 radical (unpaired) electrons. The van der Waals surface area contributed by atoms with Crippen LogP contribution < -0.4 is 15.0 Å². The van der Waals surface area contributed by atoms with Crippen LogP contribution in [0, 0.1) is 0 Å². The molecule has 1 aliphatic rings. The van der Waals surface area contributed by atoms with Crippen LogP contribution in [0.3, 0.4) is 0 Å². The third kappa shape index (κ3) is 2.94. The molecule has 0 saturated carbocycles. The average molecular weight is 261 g/mol. The van der Waals surface area contributed by atoms with Gasteiger partial charge < -0.3 is 15.0 Å². The molecule has 0 bridgehead atoms. The predicted molar refractivity (Wildman–Crippen MR) is 67.6 cm³/mol. The number of piperazine rings is 1. The van der Waals surface area contributed by atoms with Gasteiger partial charge in [-0.2, -0.15) is 0 Å². The first kappa shape index (κ1) is 11.8. The van der Waals surface area contributed by atoms with Crippen molar-refractivity contribution in [2.75, 3.05) is 31.1 Å². The normalized spacial score (nSPS) is 16.6. The highest BCUT2D eigenvalue weighted by molar-refractivity contribution is 6.43. The fourth-order valence-corrected chi connectivity index (χ4v) is 2.01. The van der Waals surface area contributed by atoms with E-state index in [-0.39, 0.29) is 0 Å². The summed E-state index contributed by atoms with van der Waals surface area (Å²) in [5.41, 5.74) is 1.05. The van der Waals surface area contributed by atoms with E-state index in [2.05, 4.69) is 10.2 Å². The number of hydrogen-bond donors (Lipinski definition) is 1. The van der Waals surface area contributed by atoms with Crippen molar-refractivity contribution in [2.45, 2.75) is 5.02 Å². The van der Waals surface area contributed by atoms with Gasteiger partial charge in [0.2, 0.25) is 5.02 Å². The monoisotopic (exact) mass is 260 g/mol. The Labute approximate surface area is 105 Å². The maximum atomic E-state index is 5.64. The maximum Gasteiger partial charge on any atom is 0.247 e. The van der Waals surface area contributed by atoms with Crippen molar-refractivity contribution in [2.24, 2.45) is 0 Å². The van der Waals surface area contributed by atoms with Crippen LogP contribution in [0.2, 0.25) is 0 Å². The number of benzene rings is 1. The third-order valence-electron chi connectivity index (χ3n) is 2.54. The Hall–Kier alpha value is -0.640. The van der Waals surface area contributed by atoms with Crippen LogP contribution in [0.4, 0.5) is 5.69 Å². The van der Waals surface area contributed by atoms with Crippen molar-refractivity contribution in [3.05, 3.63) is 24.3 Å². The highest BCUT2D eigenvalue weighted by Crippen LogP contribution is 2.30. The largest absolute Gasteiger partial charge is 0.459 e. The molecule has 88 valence electrons. The zero-order valence-corrected chi connectivity index (χ0v) is 10.3. The van der Waals surface area contributed by atoms with Crippen LogP contribution in [0.15, 0.2) is 24.3 Å². The second kappa shape index (κ2) is 5.62. The predicted octanol–water partition coefficient (Wildman–Crippen LogP) is 2.24. The van der Waals surface area contributed by atoms with Gasteiger partial charge in [0.25, 0.3) is 0 Å². The molecule has 1 saturated heterocycles. The highest BCUT2D eigenvalue weighted by atomic mass is 35.5. The SMILES string of the molecule is ClC(Cl)Oc1ccccc1N1CCNCC1. The van der Waals surface area contributed by atoms with Crippen molar-refractivity contribution in [3.8, 4) is 5.75 Å². The first-order valence-corrected chi connectivity index (χ1v) is 6.14. The molecular formula is C11H14Cl2N2O. The smallest absolute Gasteiger partial charge is 0.247 e. The molecule has 0 spiro atoms. The molecule has 0 amide bonds. The Balaban J connectivity index is 2.17. The minimum atomic E-state index is -0.830. The zero-order chi connectivity index (χ0) is 11.4. The summed E-state index contributed by atoms with van der Waals surface area (Å²) < 4.78 is 5.37. The van der Waals surface area contributed by atoms with Crippen LogP contribution in [-0.2, 0) is 0 Å². The number of nitrogens with zero attached hydrogens (tertiary/aromatic N) is 1. The number of rotatable bonds is 3. The molecule has 0 unspecified atom stereocenters. The highest BCUT2D eigenvalue weighted by Gasteiger charge is 2.15. The van der Waals surface area contributed by atoms with Crippen molar-refractivity contribution in [3.63, 3.8) is 0 Å². The average Bonchev–Trinajstić information content (AvgIpc) is 2.30. The molecule has 1 heterocycles. The summed E-state index contributed by atoms with van der Waals surface area (Å²) in [7, 11) is 0. The number of hydrogen-bond acceptors (Lipinski definition) is 3. The van der Waals surface area contributed by atoms with Gasteiger partial charge in [-0.3, -0.25) is 0 Å². The van der Waals surface area contributed by atoms with E-state index in [0.717, 1.165) is 37.6 Å². The summed E-state index contributed by atoms with van der Waals surface area (Å²) in [6.07, 6.45) is 0. The van der Waals surface area contributed by atoms with Crippen LogP contribution in [0.25, 0.3) is 0 Å². The van der Waals surface area contributed by atoms with Gasteiger partial charge in [0.15, 0.2) is 0 Å². The minimum absolute atomic E-state index is 0.736. The van der Waals surface area contributed by atoms with E-state index in [1.54, 1.807) is 0 Å². The molecule has 0 atom stereocenters. The van der Waals surface area contributed by atoms with Crippen LogP contribution in [0.5, 0.6) is 5.75 Å². The fourth-order valence-electron chi connectivity index (χ4n) is 1.82. The summed E-state index contributed by atoms with van der Waals surface area (Å²) in [6, 6.07) is 7.81. The Morgan fingerprint density at radius 1 is 1.19 bits per heavy atom. The number of ether oxygens (including phenoxy) is 1. The first-order chi connectivity index (χ1) is 7.77. The van der Waals surface area contributed by atoms with Crippen molar-refractivity contribution < 1.29 is 4.74 Å². The van der Waals surface area contributed by atoms with Gasteiger partial charge in [-0.1, -0.05) is 35.3 Å². The van der Waals surface area contributed by atoms with Crippen LogP contribution in [0.1, 0.15) is 0 Å². The molecule has 1 N–H and O–H groups in total. The number of anilines is 1. The molecule has 5 heteroatoms. The number of halogens is 2. The van der Waals surface area contributed by atoms with Gasteiger partial charge in [-0.25, -0.2) is 0 Å². The van der Waals surface area contributed by atoms with Gasteiger partial charge in [-0.05, 0) is 12.1 Å². The second-order valence-electron chi connectivity index (χ2n) is 3.58. The first-order valence-electron chi connectivity index (χ1n) is 5.27. The van der Waals surface area contributed by atoms with Gasteiger partial charge in [-0.15, -0.1) is 0 Å². The molecule has 1 aliphatic heterocycles. The van der Waals surface area contributed by atoms with Crippen molar-refractivity contribution in [1.29, 1.82) is 0 Å². The standard InChI is InChI=1S/C11H14Cl2N2O/c12-11(13)16-10-4-2-1-3-9(10)15-7-5-14-6-8-15/h1-4,11,14H,5-8H2. The lowest BCUT2D eigenvalue weighted by Gasteiger charge is -2.30. The third-order valence-corrected chi connectivity index (χ3v) is 2.72. The Bertz CT molecular complexity index is 341. The topological polar surface area (TPSA) is 24.5 Å². The van der Waals surface area contributed by atoms with Gasteiger partial charge in [0.05, 0.1) is 5.69 Å².